The van der Waals surface area contributed by atoms with E-state index in [-0.39, 0.29) is 5.91 Å². The summed E-state index contributed by atoms with van der Waals surface area (Å²) in [6, 6.07) is 10.2. The number of carbonyl (C=O) groups is 1. The Morgan fingerprint density at radius 1 is 1.00 bits per heavy atom. The molecule has 1 amide bonds. The monoisotopic (exact) mass is 328 g/mol. The van der Waals surface area contributed by atoms with E-state index in [0.29, 0.717) is 46.7 Å². The van der Waals surface area contributed by atoms with Crippen molar-refractivity contribution >= 4 is 11.6 Å². The van der Waals surface area contributed by atoms with Crippen molar-refractivity contribution in [2.75, 3.05) is 14.2 Å². The van der Waals surface area contributed by atoms with Gasteiger partial charge in [0, 0.05) is 29.5 Å². The number of amides is 1. The lowest BCUT2D eigenvalue weighted by molar-refractivity contribution is -0.121. The van der Waals surface area contributed by atoms with E-state index in [2.05, 4.69) is 10.5 Å². The Balaban J connectivity index is 2.10. The van der Waals surface area contributed by atoms with Crippen molar-refractivity contribution in [1.29, 1.82) is 0 Å². The molecule has 1 heterocycles. The fourth-order valence-corrected chi connectivity index (χ4v) is 2.69. The van der Waals surface area contributed by atoms with E-state index in [1.165, 1.54) is 13.2 Å². The Morgan fingerprint density at radius 2 is 1.75 bits per heavy atom. The lowest BCUT2D eigenvalue weighted by atomic mass is 9.97. The third-order valence-corrected chi connectivity index (χ3v) is 3.90. The minimum Gasteiger partial charge on any atom is -0.496 e. The predicted octanol–water partition coefficient (Wildman–Crippen LogP) is 3.12. The summed E-state index contributed by atoms with van der Waals surface area (Å²) < 4.78 is 25.5. The summed E-state index contributed by atoms with van der Waals surface area (Å²) >= 11 is 0. The average molecular weight is 328 g/mol. The van der Waals surface area contributed by atoms with Gasteiger partial charge in [-0.15, -0.1) is 0 Å². The molecule has 0 radical (unpaired) electrons. The van der Waals surface area contributed by atoms with Gasteiger partial charge in [0.1, 0.15) is 17.3 Å². The number of rotatable bonds is 4. The molecule has 24 heavy (non-hydrogen) atoms. The molecule has 0 aliphatic carbocycles. The second kappa shape index (κ2) is 6.70. The van der Waals surface area contributed by atoms with E-state index in [0.717, 1.165) is 0 Å². The molecule has 6 heteroatoms. The maximum Gasteiger partial charge on any atom is 0.240 e. The normalized spacial score (nSPS) is 14.0. The quantitative estimate of drug-likeness (QED) is 0.938. The first-order valence-corrected chi connectivity index (χ1v) is 7.50. The van der Waals surface area contributed by atoms with Crippen LogP contribution in [0.4, 0.5) is 4.39 Å². The Kier molecular flexibility index (Phi) is 4.46. The van der Waals surface area contributed by atoms with Gasteiger partial charge in [-0.1, -0.05) is 18.2 Å². The van der Waals surface area contributed by atoms with Crippen molar-refractivity contribution in [3.8, 4) is 22.6 Å². The maximum atomic E-state index is 14.7. The van der Waals surface area contributed by atoms with E-state index in [1.54, 1.807) is 25.3 Å². The minimum absolute atomic E-state index is 0.149. The molecule has 2 aromatic carbocycles. The highest BCUT2D eigenvalue weighted by molar-refractivity contribution is 6.06. The first-order chi connectivity index (χ1) is 11.6. The Labute approximate surface area is 139 Å². The molecule has 3 rings (SSSR count). The minimum atomic E-state index is -0.407. The van der Waals surface area contributed by atoms with Gasteiger partial charge in [-0.25, -0.2) is 9.82 Å². The summed E-state index contributed by atoms with van der Waals surface area (Å²) in [7, 11) is 3.06. The summed E-state index contributed by atoms with van der Waals surface area (Å²) in [5.41, 5.74) is 4.57. The van der Waals surface area contributed by atoms with E-state index >= 15 is 0 Å². The number of hydrogen-bond donors (Lipinski definition) is 1. The molecule has 0 aromatic heterocycles. The number of hydrazone groups is 1. The molecule has 1 N–H and O–H groups in total. The molecule has 0 unspecified atom stereocenters. The molecule has 0 atom stereocenters. The topological polar surface area (TPSA) is 59.9 Å². The van der Waals surface area contributed by atoms with Crippen LogP contribution in [0.2, 0.25) is 0 Å². The van der Waals surface area contributed by atoms with Crippen LogP contribution < -0.4 is 14.9 Å². The van der Waals surface area contributed by atoms with Gasteiger partial charge in [-0.2, -0.15) is 5.10 Å². The van der Waals surface area contributed by atoms with Crippen LogP contribution in [0.5, 0.6) is 11.5 Å². The largest absolute Gasteiger partial charge is 0.496 e. The first-order valence-electron chi connectivity index (χ1n) is 7.50. The van der Waals surface area contributed by atoms with Gasteiger partial charge >= 0.3 is 0 Å². The maximum absolute atomic E-state index is 14.7. The van der Waals surface area contributed by atoms with Crippen LogP contribution in [-0.2, 0) is 4.79 Å². The number of benzene rings is 2. The summed E-state index contributed by atoms with van der Waals surface area (Å²) in [6.07, 6.45) is 0.757. The third kappa shape index (κ3) is 2.95. The number of methoxy groups -OCH3 is 2. The van der Waals surface area contributed by atoms with Crippen molar-refractivity contribution in [2.45, 2.75) is 12.8 Å². The molecule has 0 bridgehead atoms. The van der Waals surface area contributed by atoms with Crippen LogP contribution in [0.3, 0.4) is 0 Å². The lowest BCUT2D eigenvalue weighted by Crippen LogP contribution is -2.26. The average Bonchev–Trinajstić information content (AvgIpc) is 2.62. The molecular formula is C18H17FN2O3. The first kappa shape index (κ1) is 16.0. The smallest absolute Gasteiger partial charge is 0.240 e. The summed E-state index contributed by atoms with van der Waals surface area (Å²) in [5, 5.41) is 4.01. The standard InChI is InChI=1S/C18H17FN2O3/c1-23-16-6-4-3-5-11(16)12-10-17(24-2)13(9-14(12)19)15-7-8-18(22)21-20-15/h3-6,9-10H,7-8H2,1-2H3,(H,21,22). The van der Waals surface area contributed by atoms with E-state index in [4.69, 9.17) is 9.47 Å². The molecule has 0 saturated heterocycles. The van der Waals surface area contributed by atoms with Crippen molar-refractivity contribution in [1.82, 2.24) is 5.43 Å². The number of halogens is 1. The van der Waals surface area contributed by atoms with Crippen LogP contribution in [0.15, 0.2) is 41.5 Å². The van der Waals surface area contributed by atoms with Crippen molar-refractivity contribution in [3.63, 3.8) is 0 Å². The van der Waals surface area contributed by atoms with Gasteiger partial charge < -0.3 is 9.47 Å². The van der Waals surface area contributed by atoms with Crippen molar-refractivity contribution in [3.05, 3.63) is 47.8 Å². The van der Waals surface area contributed by atoms with Gasteiger partial charge in [-0.3, -0.25) is 4.79 Å². The second-order valence-electron chi connectivity index (χ2n) is 5.33. The zero-order valence-electron chi connectivity index (χ0n) is 13.4. The van der Waals surface area contributed by atoms with E-state index in [9.17, 15) is 9.18 Å². The van der Waals surface area contributed by atoms with Crippen LogP contribution in [0.1, 0.15) is 18.4 Å². The molecule has 0 spiro atoms. The highest BCUT2D eigenvalue weighted by Crippen LogP contribution is 2.36. The number of carbonyl (C=O) groups excluding carboxylic acids is 1. The van der Waals surface area contributed by atoms with Crippen LogP contribution >= 0.6 is 0 Å². The van der Waals surface area contributed by atoms with Crippen molar-refractivity contribution in [2.24, 2.45) is 5.10 Å². The van der Waals surface area contributed by atoms with Gasteiger partial charge in [0.15, 0.2) is 0 Å². The number of hydrogen-bond acceptors (Lipinski definition) is 4. The molecule has 124 valence electrons. The Morgan fingerprint density at radius 3 is 2.42 bits per heavy atom. The SMILES string of the molecule is COc1cc(-c2ccccc2OC)c(F)cc1C1=NNC(=O)CC1. The highest BCUT2D eigenvalue weighted by atomic mass is 19.1. The fourth-order valence-electron chi connectivity index (χ4n) is 2.69. The number of ether oxygens (including phenoxy) is 2. The zero-order valence-corrected chi connectivity index (χ0v) is 13.4. The number of nitrogens with one attached hydrogen (secondary N) is 1. The van der Waals surface area contributed by atoms with Gasteiger partial charge in [0.2, 0.25) is 5.91 Å². The zero-order chi connectivity index (χ0) is 17.1. The summed E-state index contributed by atoms with van der Waals surface area (Å²) in [5.74, 6) is 0.513. The molecule has 1 aliphatic heterocycles. The van der Waals surface area contributed by atoms with Crippen LogP contribution in [-0.4, -0.2) is 25.8 Å². The Bertz CT molecular complexity index is 818. The Hall–Kier alpha value is -2.89. The highest BCUT2D eigenvalue weighted by Gasteiger charge is 2.20. The molecule has 5 nitrogen and oxygen atoms in total. The van der Waals surface area contributed by atoms with Gasteiger partial charge in [0.05, 0.1) is 19.9 Å². The molecule has 0 fully saturated rings. The second-order valence-corrected chi connectivity index (χ2v) is 5.33. The third-order valence-electron chi connectivity index (χ3n) is 3.90. The number of para-hydroxylation sites is 1. The van der Waals surface area contributed by atoms with E-state index < -0.39 is 5.82 Å². The fraction of sp³-hybridized carbons (Fsp3) is 0.222. The molecule has 1 aliphatic rings. The predicted molar refractivity (Wildman–Crippen MR) is 88.9 cm³/mol. The number of nitrogens with zero attached hydrogens (tertiary/aromatic N) is 1. The van der Waals surface area contributed by atoms with Crippen LogP contribution in [0, 0.1) is 5.82 Å². The summed E-state index contributed by atoms with van der Waals surface area (Å²) in [6.45, 7) is 0. The van der Waals surface area contributed by atoms with E-state index in [1.807, 2.05) is 12.1 Å². The molecule has 0 saturated carbocycles. The molecular weight excluding hydrogens is 311 g/mol. The van der Waals surface area contributed by atoms with Crippen molar-refractivity contribution < 1.29 is 18.7 Å². The lowest BCUT2D eigenvalue weighted by Gasteiger charge is -2.17. The van der Waals surface area contributed by atoms with Gasteiger partial charge in [0.25, 0.3) is 0 Å². The summed E-state index contributed by atoms with van der Waals surface area (Å²) in [4.78, 5) is 11.2. The molecule has 2 aromatic rings. The van der Waals surface area contributed by atoms with Crippen LogP contribution in [0.25, 0.3) is 11.1 Å². The van der Waals surface area contributed by atoms with Gasteiger partial charge in [-0.05, 0) is 18.2 Å².